The fourth-order valence-corrected chi connectivity index (χ4v) is 2.20. The fourth-order valence-electron chi connectivity index (χ4n) is 1.69. The van der Waals surface area contributed by atoms with Gasteiger partial charge in [0, 0.05) is 17.2 Å². The summed E-state index contributed by atoms with van der Waals surface area (Å²) in [5.74, 6) is 1.56. The van der Waals surface area contributed by atoms with Crippen molar-refractivity contribution in [3.8, 4) is 17.2 Å². The number of methoxy groups -OCH3 is 3. The summed E-state index contributed by atoms with van der Waals surface area (Å²) in [6.45, 7) is 3.70. The third kappa shape index (κ3) is 2.58. The molecular formula is C12H18ClNO3. The minimum absolute atomic E-state index is 0.413. The second-order valence-corrected chi connectivity index (χ2v) is 4.60. The molecule has 0 fully saturated rings. The number of benzene rings is 1. The first-order valence-corrected chi connectivity index (χ1v) is 5.52. The zero-order valence-electron chi connectivity index (χ0n) is 10.8. The molecule has 0 aliphatic heterocycles. The van der Waals surface area contributed by atoms with Crippen molar-refractivity contribution in [2.24, 2.45) is 5.73 Å². The molecule has 0 spiro atoms. The van der Waals surface area contributed by atoms with Gasteiger partial charge in [0.15, 0.2) is 11.5 Å². The maximum Gasteiger partial charge on any atom is 0.180 e. The molecule has 0 unspecified atom stereocenters. The van der Waals surface area contributed by atoms with Crippen LogP contribution in [0, 0.1) is 0 Å². The molecule has 0 amide bonds. The van der Waals surface area contributed by atoms with Gasteiger partial charge in [0.2, 0.25) is 0 Å². The predicted octanol–water partition coefficient (Wildman–Crippen LogP) is 2.56. The van der Waals surface area contributed by atoms with Crippen LogP contribution < -0.4 is 19.9 Å². The van der Waals surface area contributed by atoms with E-state index in [1.807, 2.05) is 13.8 Å². The zero-order chi connectivity index (χ0) is 13.2. The van der Waals surface area contributed by atoms with Crippen molar-refractivity contribution in [3.63, 3.8) is 0 Å². The largest absolute Gasteiger partial charge is 0.496 e. The lowest BCUT2D eigenvalue weighted by Gasteiger charge is -2.25. The Morgan fingerprint density at radius 2 is 1.59 bits per heavy atom. The molecule has 0 aliphatic carbocycles. The van der Waals surface area contributed by atoms with E-state index in [1.165, 1.54) is 7.11 Å². The molecule has 0 saturated carbocycles. The highest BCUT2D eigenvalue weighted by atomic mass is 35.5. The van der Waals surface area contributed by atoms with E-state index >= 15 is 0 Å². The number of hydrogen-bond acceptors (Lipinski definition) is 4. The average Bonchev–Trinajstić information content (AvgIpc) is 2.25. The van der Waals surface area contributed by atoms with Crippen molar-refractivity contribution in [1.29, 1.82) is 0 Å². The molecule has 0 heterocycles. The third-order valence-corrected chi connectivity index (χ3v) is 2.80. The number of hydrogen-bond donors (Lipinski definition) is 1. The van der Waals surface area contributed by atoms with E-state index in [4.69, 9.17) is 31.5 Å². The van der Waals surface area contributed by atoms with E-state index in [1.54, 1.807) is 20.3 Å². The second kappa shape index (κ2) is 5.02. The molecule has 5 heteroatoms. The van der Waals surface area contributed by atoms with E-state index in [-0.39, 0.29) is 0 Å². The molecule has 0 aromatic heterocycles. The number of ether oxygens (including phenoxy) is 3. The van der Waals surface area contributed by atoms with Gasteiger partial charge in [-0.25, -0.2) is 0 Å². The van der Waals surface area contributed by atoms with Gasteiger partial charge in [-0.15, -0.1) is 0 Å². The number of nitrogens with two attached hydrogens (primary N) is 1. The minimum Gasteiger partial charge on any atom is -0.496 e. The Bertz CT molecular complexity index is 413. The fraction of sp³-hybridized carbons (Fsp3) is 0.500. The van der Waals surface area contributed by atoms with E-state index in [0.29, 0.717) is 27.8 Å². The molecule has 0 radical (unpaired) electrons. The quantitative estimate of drug-likeness (QED) is 0.903. The summed E-state index contributed by atoms with van der Waals surface area (Å²) in [7, 11) is 4.64. The van der Waals surface area contributed by atoms with Crippen LogP contribution in [0.1, 0.15) is 19.4 Å². The van der Waals surface area contributed by atoms with Gasteiger partial charge in [0.25, 0.3) is 0 Å². The van der Waals surface area contributed by atoms with Crippen LogP contribution in [0.5, 0.6) is 17.2 Å². The molecule has 0 atom stereocenters. The summed E-state index contributed by atoms with van der Waals surface area (Å²) in [6.07, 6.45) is 0. The Balaban J connectivity index is 3.59. The van der Waals surface area contributed by atoms with Gasteiger partial charge in [-0.05, 0) is 13.8 Å². The van der Waals surface area contributed by atoms with Crippen LogP contribution in [-0.4, -0.2) is 21.3 Å². The van der Waals surface area contributed by atoms with E-state index in [0.717, 1.165) is 0 Å². The Morgan fingerprint density at radius 3 is 1.94 bits per heavy atom. The van der Waals surface area contributed by atoms with Crippen LogP contribution in [0.15, 0.2) is 6.07 Å². The highest BCUT2D eigenvalue weighted by Gasteiger charge is 2.27. The van der Waals surface area contributed by atoms with Crippen molar-refractivity contribution in [2.75, 3.05) is 21.3 Å². The summed E-state index contributed by atoms with van der Waals surface area (Å²) < 4.78 is 15.7. The van der Waals surface area contributed by atoms with Gasteiger partial charge in [0.05, 0.1) is 26.4 Å². The molecule has 1 aromatic rings. The molecule has 96 valence electrons. The Morgan fingerprint density at radius 1 is 1.06 bits per heavy atom. The number of halogens is 1. The molecule has 0 saturated heterocycles. The van der Waals surface area contributed by atoms with Crippen molar-refractivity contribution in [1.82, 2.24) is 0 Å². The Hall–Kier alpha value is -1.13. The average molecular weight is 260 g/mol. The van der Waals surface area contributed by atoms with Crippen LogP contribution in [0.2, 0.25) is 5.02 Å². The lowest BCUT2D eigenvalue weighted by Crippen LogP contribution is -2.29. The first-order chi connectivity index (χ1) is 7.86. The maximum absolute atomic E-state index is 6.30. The molecule has 1 rings (SSSR count). The first-order valence-electron chi connectivity index (χ1n) is 5.14. The third-order valence-electron chi connectivity index (χ3n) is 2.44. The van der Waals surface area contributed by atoms with Crippen LogP contribution >= 0.6 is 11.6 Å². The molecular weight excluding hydrogens is 242 g/mol. The smallest absolute Gasteiger partial charge is 0.180 e. The van der Waals surface area contributed by atoms with Crippen LogP contribution in [-0.2, 0) is 5.54 Å². The predicted molar refractivity (Wildman–Crippen MR) is 68.3 cm³/mol. The Kier molecular flexibility index (Phi) is 4.11. The van der Waals surface area contributed by atoms with E-state index < -0.39 is 5.54 Å². The topological polar surface area (TPSA) is 53.7 Å². The SMILES string of the molecule is COc1cc(OC)c(C(C)(C)N)c(Cl)c1OC. The van der Waals surface area contributed by atoms with Crippen LogP contribution in [0.4, 0.5) is 0 Å². The summed E-state index contributed by atoms with van der Waals surface area (Å²) in [5.41, 5.74) is 6.15. The zero-order valence-corrected chi connectivity index (χ0v) is 11.5. The molecule has 0 bridgehead atoms. The van der Waals surface area contributed by atoms with Crippen molar-refractivity contribution in [3.05, 3.63) is 16.7 Å². The van der Waals surface area contributed by atoms with Gasteiger partial charge >= 0.3 is 0 Å². The number of rotatable bonds is 4. The van der Waals surface area contributed by atoms with Gasteiger partial charge in [-0.2, -0.15) is 0 Å². The summed E-state index contributed by atoms with van der Waals surface area (Å²) in [4.78, 5) is 0. The lowest BCUT2D eigenvalue weighted by atomic mass is 9.94. The van der Waals surface area contributed by atoms with E-state index in [9.17, 15) is 0 Å². The summed E-state index contributed by atoms with van der Waals surface area (Å²) >= 11 is 6.30. The monoisotopic (exact) mass is 259 g/mol. The standard InChI is InChI=1S/C12H18ClNO3/c1-12(2,14)9-7(15-3)6-8(16-4)11(17-5)10(9)13/h6H,14H2,1-5H3. The Labute approximate surface area is 107 Å². The van der Waals surface area contributed by atoms with Gasteiger partial charge < -0.3 is 19.9 Å². The first kappa shape index (κ1) is 13.9. The van der Waals surface area contributed by atoms with Gasteiger partial charge in [-0.3, -0.25) is 0 Å². The molecule has 17 heavy (non-hydrogen) atoms. The molecule has 4 nitrogen and oxygen atoms in total. The summed E-state index contributed by atoms with van der Waals surface area (Å²) in [5, 5.41) is 0.413. The molecule has 1 aromatic carbocycles. The lowest BCUT2D eigenvalue weighted by molar-refractivity contribution is 0.343. The maximum atomic E-state index is 6.30. The van der Waals surface area contributed by atoms with Crippen LogP contribution in [0.25, 0.3) is 0 Å². The van der Waals surface area contributed by atoms with Gasteiger partial charge in [0.1, 0.15) is 5.75 Å². The molecule has 0 aliphatic rings. The van der Waals surface area contributed by atoms with Crippen molar-refractivity contribution in [2.45, 2.75) is 19.4 Å². The minimum atomic E-state index is -0.637. The molecule has 2 N–H and O–H groups in total. The highest BCUT2D eigenvalue weighted by Crippen LogP contribution is 2.46. The summed E-state index contributed by atoms with van der Waals surface area (Å²) in [6, 6.07) is 1.72. The highest BCUT2D eigenvalue weighted by molar-refractivity contribution is 6.33. The normalized spacial score (nSPS) is 11.2. The van der Waals surface area contributed by atoms with Gasteiger partial charge in [-0.1, -0.05) is 11.6 Å². The second-order valence-electron chi connectivity index (χ2n) is 4.23. The van der Waals surface area contributed by atoms with Crippen LogP contribution in [0.3, 0.4) is 0 Å². The van der Waals surface area contributed by atoms with Crippen molar-refractivity contribution >= 4 is 11.6 Å². The van der Waals surface area contributed by atoms with E-state index in [2.05, 4.69) is 0 Å². The van der Waals surface area contributed by atoms with Crippen molar-refractivity contribution < 1.29 is 14.2 Å².